The van der Waals surface area contributed by atoms with Gasteiger partial charge >= 0.3 is 0 Å². The van der Waals surface area contributed by atoms with Crippen LogP contribution < -0.4 is 11.1 Å². The number of nitrogens with two attached hydrogens (primary N) is 1. The largest absolute Gasteiger partial charge is 0.370 e. The van der Waals surface area contributed by atoms with Crippen molar-refractivity contribution < 1.29 is 0 Å². The van der Waals surface area contributed by atoms with E-state index in [1.807, 2.05) is 0 Å². The summed E-state index contributed by atoms with van der Waals surface area (Å²) in [5.41, 5.74) is 8.16. The number of anilines is 1. The summed E-state index contributed by atoms with van der Waals surface area (Å²) in [6.45, 7) is 3.96. The van der Waals surface area contributed by atoms with E-state index < -0.39 is 0 Å². The van der Waals surface area contributed by atoms with Crippen LogP contribution in [0.25, 0.3) is 0 Å². The van der Waals surface area contributed by atoms with Crippen LogP contribution in [0.3, 0.4) is 0 Å². The van der Waals surface area contributed by atoms with Gasteiger partial charge in [-0.1, -0.05) is 6.92 Å². The number of aromatic nitrogens is 2. The van der Waals surface area contributed by atoms with Crippen LogP contribution >= 0.6 is 0 Å². The van der Waals surface area contributed by atoms with Gasteiger partial charge in [0.1, 0.15) is 12.1 Å². The molecule has 1 heterocycles. The first-order chi connectivity index (χ1) is 8.31. The molecule has 4 heteroatoms. The Morgan fingerprint density at radius 1 is 1.41 bits per heavy atom. The van der Waals surface area contributed by atoms with Crippen molar-refractivity contribution in [3.05, 3.63) is 17.6 Å². The van der Waals surface area contributed by atoms with Crippen LogP contribution in [0.5, 0.6) is 0 Å². The van der Waals surface area contributed by atoms with Gasteiger partial charge in [0.05, 0.1) is 0 Å². The van der Waals surface area contributed by atoms with E-state index in [1.165, 1.54) is 24.1 Å². The maximum atomic E-state index is 5.60. The van der Waals surface area contributed by atoms with Crippen molar-refractivity contribution in [1.29, 1.82) is 0 Å². The Balaban J connectivity index is 1.82. The highest BCUT2D eigenvalue weighted by Crippen LogP contribution is 2.24. The minimum absolute atomic E-state index is 0.618. The van der Waals surface area contributed by atoms with Crippen molar-refractivity contribution in [1.82, 2.24) is 9.97 Å². The molecule has 1 aliphatic carbocycles. The molecular formula is C13H22N4. The predicted octanol–water partition coefficient (Wildman–Crippen LogP) is 1.75. The van der Waals surface area contributed by atoms with Gasteiger partial charge in [-0.15, -0.1) is 0 Å². The number of nitrogens with zero attached hydrogens (tertiary/aromatic N) is 2. The topological polar surface area (TPSA) is 63.8 Å². The second-order valence-corrected chi connectivity index (χ2v) is 4.91. The zero-order valence-corrected chi connectivity index (χ0v) is 10.6. The van der Waals surface area contributed by atoms with Gasteiger partial charge in [0, 0.05) is 17.8 Å². The minimum Gasteiger partial charge on any atom is -0.370 e. The lowest BCUT2D eigenvalue weighted by Gasteiger charge is -2.11. The minimum atomic E-state index is 0.618. The van der Waals surface area contributed by atoms with E-state index in [2.05, 4.69) is 22.2 Å². The Morgan fingerprint density at radius 3 is 3.12 bits per heavy atom. The molecular weight excluding hydrogens is 212 g/mol. The molecule has 1 unspecified atom stereocenters. The van der Waals surface area contributed by atoms with Crippen molar-refractivity contribution >= 4 is 5.82 Å². The number of nitrogens with one attached hydrogen (secondary N) is 1. The SMILES string of the molecule is CC(CN)CCCNc1ncnc2c1CCC2. The third-order valence-electron chi connectivity index (χ3n) is 3.44. The first kappa shape index (κ1) is 12.3. The van der Waals surface area contributed by atoms with E-state index in [1.54, 1.807) is 6.33 Å². The first-order valence-corrected chi connectivity index (χ1v) is 6.58. The normalized spacial score (nSPS) is 15.6. The average molecular weight is 234 g/mol. The number of hydrogen-bond acceptors (Lipinski definition) is 4. The van der Waals surface area contributed by atoms with Crippen LogP contribution in [0, 0.1) is 5.92 Å². The summed E-state index contributed by atoms with van der Waals surface area (Å²) in [6, 6.07) is 0. The second kappa shape index (κ2) is 5.96. The average Bonchev–Trinajstić information content (AvgIpc) is 2.83. The molecule has 94 valence electrons. The Hall–Kier alpha value is -1.16. The van der Waals surface area contributed by atoms with Gasteiger partial charge in [-0.05, 0) is 44.6 Å². The predicted molar refractivity (Wildman–Crippen MR) is 70.0 cm³/mol. The second-order valence-electron chi connectivity index (χ2n) is 4.91. The van der Waals surface area contributed by atoms with Crippen LogP contribution in [0.4, 0.5) is 5.82 Å². The van der Waals surface area contributed by atoms with Crippen LogP contribution in [0.2, 0.25) is 0 Å². The summed E-state index contributed by atoms with van der Waals surface area (Å²) in [5.74, 6) is 1.67. The van der Waals surface area contributed by atoms with Crippen molar-refractivity contribution in [3.8, 4) is 0 Å². The number of aryl methyl sites for hydroxylation is 1. The van der Waals surface area contributed by atoms with E-state index >= 15 is 0 Å². The van der Waals surface area contributed by atoms with Gasteiger partial charge in [0.25, 0.3) is 0 Å². The highest BCUT2D eigenvalue weighted by molar-refractivity contribution is 5.47. The molecule has 4 nitrogen and oxygen atoms in total. The highest BCUT2D eigenvalue weighted by Gasteiger charge is 2.16. The molecule has 3 N–H and O–H groups in total. The van der Waals surface area contributed by atoms with Gasteiger partial charge in [-0.2, -0.15) is 0 Å². The van der Waals surface area contributed by atoms with E-state index in [-0.39, 0.29) is 0 Å². The Bertz CT molecular complexity index is 364. The summed E-state index contributed by atoms with van der Waals surface area (Å²) in [5, 5.41) is 3.43. The van der Waals surface area contributed by atoms with Gasteiger partial charge in [0.15, 0.2) is 0 Å². The van der Waals surface area contributed by atoms with E-state index in [0.29, 0.717) is 5.92 Å². The third kappa shape index (κ3) is 3.16. The molecule has 1 aliphatic rings. The van der Waals surface area contributed by atoms with Crippen molar-refractivity contribution in [2.24, 2.45) is 11.7 Å². The third-order valence-corrected chi connectivity index (χ3v) is 3.44. The molecule has 0 saturated carbocycles. The molecule has 2 rings (SSSR count). The standard InChI is InChI=1S/C13H22N4/c1-10(8-14)4-3-7-15-13-11-5-2-6-12(11)16-9-17-13/h9-10H,2-8,14H2,1H3,(H,15,16,17). The summed E-state index contributed by atoms with van der Waals surface area (Å²) in [6.07, 6.45) is 7.45. The van der Waals surface area contributed by atoms with Gasteiger partial charge in [0.2, 0.25) is 0 Å². The Morgan fingerprint density at radius 2 is 2.29 bits per heavy atom. The zero-order chi connectivity index (χ0) is 12.1. The van der Waals surface area contributed by atoms with Crippen LogP contribution in [-0.4, -0.2) is 23.1 Å². The van der Waals surface area contributed by atoms with Crippen molar-refractivity contribution in [2.45, 2.75) is 39.0 Å². The zero-order valence-electron chi connectivity index (χ0n) is 10.6. The molecule has 0 amide bonds. The fourth-order valence-corrected chi connectivity index (χ4v) is 2.29. The fraction of sp³-hybridized carbons (Fsp3) is 0.692. The van der Waals surface area contributed by atoms with Crippen LogP contribution in [0.15, 0.2) is 6.33 Å². The van der Waals surface area contributed by atoms with Crippen LogP contribution in [-0.2, 0) is 12.8 Å². The first-order valence-electron chi connectivity index (χ1n) is 6.58. The molecule has 0 fully saturated rings. The molecule has 1 atom stereocenters. The summed E-state index contributed by atoms with van der Waals surface area (Å²) < 4.78 is 0. The van der Waals surface area contributed by atoms with Gasteiger partial charge in [-0.3, -0.25) is 0 Å². The Kier molecular flexibility index (Phi) is 4.31. The lowest BCUT2D eigenvalue weighted by molar-refractivity contribution is 0.529. The smallest absolute Gasteiger partial charge is 0.132 e. The molecule has 0 bridgehead atoms. The molecule has 0 spiro atoms. The summed E-state index contributed by atoms with van der Waals surface area (Å²) in [7, 11) is 0. The number of rotatable bonds is 6. The number of fused-ring (bicyclic) bond motifs is 1. The van der Waals surface area contributed by atoms with E-state index in [4.69, 9.17) is 5.73 Å². The van der Waals surface area contributed by atoms with E-state index in [9.17, 15) is 0 Å². The highest BCUT2D eigenvalue weighted by atomic mass is 15.0. The molecule has 0 aromatic carbocycles. The molecule has 1 aromatic heterocycles. The lowest BCUT2D eigenvalue weighted by atomic mass is 10.1. The molecule has 0 aliphatic heterocycles. The maximum Gasteiger partial charge on any atom is 0.132 e. The molecule has 17 heavy (non-hydrogen) atoms. The lowest BCUT2D eigenvalue weighted by Crippen LogP contribution is -2.13. The summed E-state index contributed by atoms with van der Waals surface area (Å²) >= 11 is 0. The van der Waals surface area contributed by atoms with E-state index in [0.717, 1.165) is 38.2 Å². The van der Waals surface area contributed by atoms with Crippen LogP contribution in [0.1, 0.15) is 37.4 Å². The molecule has 0 radical (unpaired) electrons. The maximum absolute atomic E-state index is 5.60. The van der Waals surface area contributed by atoms with Crippen molar-refractivity contribution in [3.63, 3.8) is 0 Å². The quantitative estimate of drug-likeness (QED) is 0.736. The van der Waals surface area contributed by atoms with Gasteiger partial charge in [-0.25, -0.2) is 9.97 Å². The van der Waals surface area contributed by atoms with Gasteiger partial charge < -0.3 is 11.1 Å². The van der Waals surface area contributed by atoms with Crippen molar-refractivity contribution in [2.75, 3.05) is 18.4 Å². The number of hydrogen-bond donors (Lipinski definition) is 2. The molecule has 1 aromatic rings. The molecule has 0 saturated heterocycles. The monoisotopic (exact) mass is 234 g/mol. The fourth-order valence-electron chi connectivity index (χ4n) is 2.29. The Labute approximate surface area is 103 Å². The summed E-state index contributed by atoms with van der Waals surface area (Å²) in [4.78, 5) is 8.66.